The molecule has 0 saturated carbocycles. The Hall–Kier alpha value is -5.56. The molecule has 1 aliphatic heterocycles. The summed E-state index contributed by atoms with van der Waals surface area (Å²) in [6.07, 6.45) is 4.40. The highest BCUT2D eigenvalue weighted by Gasteiger charge is 2.41. The van der Waals surface area contributed by atoms with Gasteiger partial charge in [-0.05, 0) is 74.5 Å². The van der Waals surface area contributed by atoms with Gasteiger partial charge in [0, 0.05) is 36.5 Å². The number of carbonyl (C=O) groups is 8. The van der Waals surface area contributed by atoms with E-state index >= 15 is 0 Å². The number of nitrogens with one attached hydrogen (secondary N) is 6. The molecule has 1 fully saturated rings. The van der Waals surface area contributed by atoms with Crippen molar-refractivity contribution in [1.29, 1.82) is 0 Å². The van der Waals surface area contributed by atoms with Crippen LogP contribution in [0.25, 0.3) is 10.9 Å². The maximum atomic E-state index is 14.4. The highest BCUT2D eigenvalue weighted by atomic mass is 16.4. The topological polar surface area (TPSA) is 314 Å². The number of carbonyl (C=O) groups excluding carboxylic acids is 7. The van der Waals surface area contributed by atoms with Crippen molar-refractivity contribution >= 4 is 58.2 Å². The number of carboxylic acids is 1. The molecule has 1 aliphatic rings. The van der Waals surface area contributed by atoms with E-state index in [1.165, 1.54) is 4.90 Å². The van der Waals surface area contributed by atoms with Gasteiger partial charge in [-0.25, -0.2) is 4.79 Å². The lowest BCUT2D eigenvalue weighted by atomic mass is 9.95. The Bertz CT molecular complexity index is 1900. The Labute approximate surface area is 369 Å². The number of hydrogen-bond acceptors (Lipinski definition) is 10. The number of benzene rings is 1. The third kappa shape index (κ3) is 15.3. The molecule has 19 nitrogen and oxygen atoms in total. The van der Waals surface area contributed by atoms with E-state index in [0.29, 0.717) is 38.6 Å². The van der Waals surface area contributed by atoms with Gasteiger partial charge in [-0.2, -0.15) is 0 Å². The number of para-hydroxylation sites is 1. The molecule has 7 amide bonds. The van der Waals surface area contributed by atoms with Crippen LogP contribution >= 0.6 is 0 Å². The van der Waals surface area contributed by atoms with Gasteiger partial charge in [-0.1, -0.05) is 72.6 Å². The first-order valence-corrected chi connectivity index (χ1v) is 22.1. The monoisotopic (exact) mass is 883 g/mol. The zero-order valence-electron chi connectivity index (χ0n) is 37.5. The second kappa shape index (κ2) is 24.9. The average Bonchev–Trinajstić information content (AvgIpc) is 3.89. The number of aromatic nitrogens is 1. The van der Waals surface area contributed by atoms with Crippen LogP contribution in [0, 0.1) is 17.8 Å². The maximum Gasteiger partial charge on any atom is 0.326 e. The summed E-state index contributed by atoms with van der Waals surface area (Å²) in [5, 5.41) is 24.2. The van der Waals surface area contributed by atoms with E-state index in [4.69, 9.17) is 17.2 Å². The summed E-state index contributed by atoms with van der Waals surface area (Å²) in [4.78, 5) is 111. The van der Waals surface area contributed by atoms with Crippen LogP contribution in [0.4, 0.5) is 0 Å². The van der Waals surface area contributed by atoms with Gasteiger partial charge in [0.05, 0.1) is 6.04 Å². The number of H-pyrrole nitrogens is 1. The van der Waals surface area contributed by atoms with Crippen molar-refractivity contribution in [3.8, 4) is 0 Å². The van der Waals surface area contributed by atoms with Crippen LogP contribution in [-0.4, -0.2) is 118 Å². The summed E-state index contributed by atoms with van der Waals surface area (Å²) in [5.74, 6) is -6.73. The highest BCUT2D eigenvalue weighted by molar-refractivity contribution is 5.98. The summed E-state index contributed by atoms with van der Waals surface area (Å²) in [5.41, 5.74) is 18.5. The molecule has 13 N–H and O–H groups in total. The van der Waals surface area contributed by atoms with Crippen LogP contribution in [0.3, 0.4) is 0 Å². The minimum Gasteiger partial charge on any atom is -0.480 e. The van der Waals surface area contributed by atoms with Crippen molar-refractivity contribution in [1.82, 2.24) is 36.5 Å². The number of carboxylic acid groups (broad SMARTS) is 1. The molecule has 8 atom stereocenters. The van der Waals surface area contributed by atoms with E-state index in [2.05, 4.69) is 31.6 Å². The lowest BCUT2D eigenvalue weighted by Gasteiger charge is -2.33. The van der Waals surface area contributed by atoms with Crippen LogP contribution in [0.15, 0.2) is 30.5 Å². The van der Waals surface area contributed by atoms with E-state index in [-0.39, 0.29) is 44.6 Å². The summed E-state index contributed by atoms with van der Waals surface area (Å²) in [6, 6.07) is -0.370. The first-order chi connectivity index (χ1) is 29.8. The average molecular weight is 883 g/mol. The number of fused-ring (bicyclic) bond motifs is 1. The number of hydrogen-bond donors (Lipinski definition) is 10. The number of unbranched alkanes of at least 4 members (excludes halogenated alkanes) is 1. The molecule has 0 radical (unpaired) electrons. The fourth-order valence-corrected chi connectivity index (χ4v) is 7.63. The second-order valence-electron chi connectivity index (χ2n) is 17.4. The van der Waals surface area contributed by atoms with Crippen LogP contribution in [-0.2, 0) is 44.8 Å². The van der Waals surface area contributed by atoms with Gasteiger partial charge < -0.3 is 58.8 Å². The van der Waals surface area contributed by atoms with E-state index in [1.54, 1.807) is 27.0 Å². The molecule has 19 heteroatoms. The van der Waals surface area contributed by atoms with Crippen molar-refractivity contribution in [3.05, 3.63) is 36.0 Å². The van der Waals surface area contributed by atoms with E-state index in [1.807, 2.05) is 45.0 Å². The molecule has 0 aliphatic carbocycles. The van der Waals surface area contributed by atoms with E-state index < -0.39 is 101 Å². The molecule has 0 bridgehead atoms. The fourth-order valence-electron chi connectivity index (χ4n) is 7.63. The minimum atomic E-state index is -1.40. The van der Waals surface area contributed by atoms with Crippen LogP contribution in [0.2, 0.25) is 0 Å². The zero-order valence-corrected chi connectivity index (χ0v) is 37.5. The molecular formula is C44H70N10O9. The Kier molecular flexibility index (Phi) is 20.5. The van der Waals surface area contributed by atoms with E-state index in [0.717, 1.165) is 16.5 Å². The van der Waals surface area contributed by atoms with Gasteiger partial charge in [0.2, 0.25) is 41.4 Å². The smallest absolute Gasteiger partial charge is 0.326 e. The molecule has 2 heterocycles. The lowest BCUT2D eigenvalue weighted by molar-refractivity contribution is -0.145. The SMILES string of the molecule is CC[C@H](C)[C@H](NC(=O)[C@@H](NC(=O)[C@H](Cc1c[nH]c2ccccc12)NC(=O)[C@H](CC(C)C)NC(=O)[C@@H](N)CCCCN)C(C)C)C(=O)N1CCC[C@H]1C(=O)N[C@@H](CCC(N)=O)C(=O)O. The Morgan fingerprint density at radius 2 is 1.48 bits per heavy atom. The van der Waals surface area contributed by atoms with Crippen LogP contribution in [0.1, 0.15) is 105 Å². The van der Waals surface area contributed by atoms with Gasteiger partial charge >= 0.3 is 5.97 Å². The Balaban J connectivity index is 1.88. The van der Waals surface area contributed by atoms with Gasteiger partial charge in [0.1, 0.15) is 36.3 Å². The molecule has 1 saturated heterocycles. The predicted octanol–water partition coefficient (Wildman–Crippen LogP) is 0.680. The summed E-state index contributed by atoms with van der Waals surface area (Å²) < 4.78 is 0. The number of rotatable bonds is 26. The van der Waals surface area contributed by atoms with Gasteiger partial charge in [0.15, 0.2) is 0 Å². The predicted molar refractivity (Wildman–Crippen MR) is 237 cm³/mol. The highest BCUT2D eigenvalue weighted by Crippen LogP contribution is 2.23. The fraction of sp³-hybridized carbons (Fsp3) is 0.636. The molecule has 63 heavy (non-hydrogen) atoms. The zero-order chi connectivity index (χ0) is 47.0. The number of nitrogens with two attached hydrogens (primary N) is 3. The van der Waals surface area contributed by atoms with Crippen molar-refractivity contribution in [3.63, 3.8) is 0 Å². The molecular weight excluding hydrogens is 813 g/mol. The first kappa shape index (κ1) is 51.8. The number of primary amides is 1. The molecule has 1 aromatic heterocycles. The summed E-state index contributed by atoms with van der Waals surface area (Å²) in [6.45, 7) is 11.5. The standard InChI is InChI=1S/C44H70N10O9/c1-7-26(6)37(43(61)54-20-12-16-34(54)41(59)49-31(44(62)63)17-18-35(47)55)53-42(60)36(25(4)5)52-40(58)33(22-27-23-48-30-15-9-8-13-28(27)30)51-39(57)32(21-24(2)3)50-38(56)29(46)14-10-11-19-45/h8-9,13,15,23-26,29,31-34,36-37,48H,7,10-12,14,16-22,45-46H2,1-6H3,(H2,47,55)(H,49,59)(H,50,56)(H,51,57)(H,52,58)(H,53,60)(H,62,63)/t26-,29-,31-,32-,33-,34-,36-,37-/m0/s1. The molecule has 0 unspecified atom stereocenters. The van der Waals surface area contributed by atoms with Gasteiger partial charge in [0.25, 0.3) is 0 Å². The molecule has 3 rings (SSSR count). The number of aromatic amines is 1. The van der Waals surface area contributed by atoms with Crippen LogP contribution in [0.5, 0.6) is 0 Å². The van der Waals surface area contributed by atoms with Gasteiger partial charge in [-0.15, -0.1) is 0 Å². The lowest BCUT2D eigenvalue weighted by Crippen LogP contribution is -2.61. The van der Waals surface area contributed by atoms with Crippen molar-refractivity contribution in [2.75, 3.05) is 13.1 Å². The molecule has 350 valence electrons. The normalized spacial score (nSPS) is 17.2. The van der Waals surface area contributed by atoms with Crippen molar-refractivity contribution in [2.24, 2.45) is 35.0 Å². The number of aliphatic carboxylic acids is 1. The summed E-state index contributed by atoms with van der Waals surface area (Å²) >= 11 is 0. The van der Waals surface area contributed by atoms with E-state index in [9.17, 15) is 43.5 Å². The molecule has 1 aromatic carbocycles. The quantitative estimate of drug-likeness (QED) is 0.0586. The number of amides is 7. The number of nitrogens with zero attached hydrogens (tertiary/aromatic N) is 1. The Morgan fingerprint density at radius 3 is 2.10 bits per heavy atom. The second-order valence-corrected chi connectivity index (χ2v) is 17.4. The first-order valence-electron chi connectivity index (χ1n) is 22.1. The Morgan fingerprint density at radius 1 is 0.825 bits per heavy atom. The molecule has 0 spiro atoms. The third-order valence-corrected chi connectivity index (χ3v) is 11.5. The largest absolute Gasteiger partial charge is 0.480 e. The van der Waals surface area contributed by atoms with Crippen LogP contribution < -0.4 is 43.8 Å². The van der Waals surface area contributed by atoms with Crippen molar-refractivity contribution in [2.45, 2.75) is 148 Å². The molecule has 2 aromatic rings. The van der Waals surface area contributed by atoms with Crippen molar-refractivity contribution < 1.29 is 43.5 Å². The number of likely N-dealkylation sites (tertiary alicyclic amines) is 1. The third-order valence-electron chi connectivity index (χ3n) is 11.5. The summed E-state index contributed by atoms with van der Waals surface area (Å²) in [7, 11) is 0. The minimum absolute atomic E-state index is 0.0205. The maximum absolute atomic E-state index is 14.4. The van der Waals surface area contributed by atoms with Gasteiger partial charge in [-0.3, -0.25) is 33.6 Å².